The third-order valence-electron chi connectivity index (χ3n) is 1.67. The summed E-state index contributed by atoms with van der Waals surface area (Å²) in [6, 6.07) is 0.270. The number of hydrogen-bond acceptors (Lipinski definition) is 2. The zero-order valence-electron chi connectivity index (χ0n) is 8.21. The third-order valence-corrected chi connectivity index (χ3v) is 1.77. The summed E-state index contributed by atoms with van der Waals surface area (Å²) >= 11 is 4.63. The predicted molar refractivity (Wildman–Crippen MR) is 60.5 cm³/mol. The third kappa shape index (κ3) is 6.33. The Morgan fingerprint density at radius 2 is 2.08 bits per heavy atom. The van der Waals surface area contributed by atoms with Crippen LogP contribution in [0.4, 0.5) is 0 Å². The van der Waals surface area contributed by atoms with Crippen molar-refractivity contribution < 1.29 is 0 Å². The standard InChI is InChI=1S/C8H18N4S/c1-3-5-6(4-2)11-7(9)12-8(10)13/h6H,3-5H2,1-2H3,(H5,9,10,11,12,13). The lowest BCUT2D eigenvalue weighted by atomic mass is 10.1. The van der Waals surface area contributed by atoms with Crippen molar-refractivity contribution in [3.63, 3.8) is 0 Å². The monoisotopic (exact) mass is 202 g/mol. The van der Waals surface area contributed by atoms with Gasteiger partial charge in [0.05, 0.1) is 6.04 Å². The Morgan fingerprint density at radius 3 is 2.46 bits per heavy atom. The first kappa shape index (κ1) is 12.2. The van der Waals surface area contributed by atoms with Gasteiger partial charge in [-0.05, 0) is 25.1 Å². The Bertz CT molecular complexity index is 191. The Labute approximate surface area is 84.8 Å². The maximum absolute atomic E-state index is 5.55. The highest BCUT2D eigenvalue weighted by Crippen LogP contribution is 2.04. The number of nitrogens with zero attached hydrogens (tertiary/aromatic N) is 1. The van der Waals surface area contributed by atoms with Crippen LogP contribution in [0.25, 0.3) is 0 Å². The molecular formula is C8H18N4S. The molecule has 1 unspecified atom stereocenters. The van der Waals surface area contributed by atoms with Gasteiger partial charge in [-0.25, -0.2) is 4.99 Å². The van der Waals surface area contributed by atoms with Crippen LogP contribution in [0.2, 0.25) is 0 Å². The Morgan fingerprint density at radius 1 is 1.46 bits per heavy atom. The number of rotatable bonds is 4. The molecule has 0 aromatic heterocycles. The largest absolute Gasteiger partial charge is 0.376 e. The van der Waals surface area contributed by atoms with Crippen molar-refractivity contribution in [2.24, 2.45) is 16.5 Å². The maximum atomic E-state index is 5.55. The average Bonchev–Trinajstić information content (AvgIpc) is 2.02. The van der Waals surface area contributed by atoms with Crippen LogP contribution >= 0.6 is 12.2 Å². The number of nitrogens with two attached hydrogens (primary N) is 2. The quantitative estimate of drug-likeness (QED) is 0.356. The molecule has 0 fully saturated rings. The van der Waals surface area contributed by atoms with Gasteiger partial charge < -0.3 is 16.8 Å². The van der Waals surface area contributed by atoms with E-state index in [1.807, 2.05) is 0 Å². The highest BCUT2D eigenvalue weighted by Gasteiger charge is 2.03. The zero-order chi connectivity index (χ0) is 10.3. The van der Waals surface area contributed by atoms with Gasteiger partial charge in [0.2, 0.25) is 0 Å². The second-order valence-corrected chi connectivity index (χ2v) is 3.29. The van der Waals surface area contributed by atoms with Crippen LogP contribution in [0.3, 0.4) is 0 Å². The summed E-state index contributed by atoms with van der Waals surface area (Å²) in [5.74, 6) is 0.313. The first-order valence-electron chi connectivity index (χ1n) is 4.49. The minimum Gasteiger partial charge on any atom is -0.376 e. The van der Waals surface area contributed by atoms with E-state index >= 15 is 0 Å². The van der Waals surface area contributed by atoms with Crippen LogP contribution in [0.15, 0.2) is 4.99 Å². The van der Waals surface area contributed by atoms with Crippen LogP contribution in [-0.2, 0) is 0 Å². The molecule has 0 rings (SSSR count). The molecule has 0 radical (unpaired) electrons. The summed E-state index contributed by atoms with van der Waals surface area (Å²) in [5, 5.41) is 2.76. The molecule has 0 spiro atoms. The molecule has 0 aliphatic rings. The number of hydrogen-bond donors (Lipinski definition) is 3. The van der Waals surface area contributed by atoms with Crippen LogP contribution in [0.1, 0.15) is 33.1 Å². The van der Waals surface area contributed by atoms with Gasteiger partial charge in [-0.15, -0.1) is 0 Å². The summed E-state index contributed by atoms with van der Waals surface area (Å²) in [7, 11) is 0. The van der Waals surface area contributed by atoms with E-state index in [2.05, 4.69) is 36.4 Å². The van der Waals surface area contributed by atoms with E-state index in [0.29, 0.717) is 5.96 Å². The van der Waals surface area contributed by atoms with Gasteiger partial charge in [0.25, 0.3) is 0 Å². The van der Waals surface area contributed by atoms with Gasteiger partial charge >= 0.3 is 0 Å². The lowest BCUT2D eigenvalue weighted by Crippen LogP contribution is -2.40. The summed E-state index contributed by atoms with van der Waals surface area (Å²) in [6.07, 6.45) is 3.12. The highest BCUT2D eigenvalue weighted by molar-refractivity contribution is 7.80. The van der Waals surface area contributed by atoms with Gasteiger partial charge in [0.15, 0.2) is 11.1 Å². The van der Waals surface area contributed by atoms with Crippen molar-refractivity contribution in [3.05, 3.63) is 0 Å². The van der Waals surface area contributed by atoms with Crippen molar-refractivity contribution in [2.45, 2.75) is 39.2 Å². The fourth-order valence-corrected chi connectivity index (χ4v) is 1.15. The van der Waals surface area contributed by atoms with Crippen LogP contribution in [0, 0.1) is 0 Å². The minimum absolute atomic E-state index is 0.160. The van der Waals surface area contributed by atoms with E-state index in [9.17, 15) is 0 Å². The molecule has 76 valence electrons. The van der Waals surface area contributed by atoms with Gasteiger partial charge in [0.1, 0.15) is 0 Å². The molecule has 0 amide bonds. The van der Waals surface area contributed by atoms with Gasteiger partial charge in [-0.1, -0.05) is 20.3 Å². The van der Waals surface area contributed by atoms with Gasteiger partial charge in [-0.3, -0.25) is 0 Å². The van der Waals surface area contributed by atoms with E-state index in [1.54, 1.807) is 0 Å². The van der Waals surface area contributed by atoms with Gasteiger partial charge in [0, 0.05) is 0 Å². The van der Waals surface area contributed by atoms with E-state index in [0.717, 1.165) is 19.3 Å². The molecule has 0 saturated heterocycles. The second-order valence-electron chi connectivity index (χ2n) is 2.85. The van der Waals surface area contributed by atoms with Crippen molar-refractivity contribution >= 4 is 23.3 Å². The smallest absolute Gasteiger partial charge is 0.195 e. The first-order valence-corrected chi connectivity index (χ1v) is 4.90. The summed E-state index contributed by atoms with van der Waals surface area (Å²) in [5.41, 5.74) is 10.8. The molecule has 0 aliphatic carbocycles. The Kier molecular flexibility index (Phi) is 6.22. The summed E-state index contributed by atoms with van der Waals surface area (Å²) in [6.45, 7) is 4.20. The molecule has 5 heteroatoms. The lowest BCUT2D eigenvalue weighted by molar-refractivity contribution is 0.587. The molecule has 0 heterocycles. The number of nitrogens with one attached hydrogen (secondary N) is 1. The molecule has 4 nitrogen and oxygen atoms in total. The summed E-state index contributed by atoms with van der Waals surface area (Å²) < 4.78 is 0. The maximum Gasteiger partial charge on any atom is 0.195 e. The van der Waals surface area contributed by atoms with Crippen molar-refractivity contribution in [1.82, 2.24) is 5.32 Å². The van der Waals surface area contributed by atoms with E-state index in [1.165, 1.54) is 0 Å². The molecule has 0 aromatic carbocycles. The molecular weight excluding hydrogens is 184 g/mol. The first-order chi connectivity index (χ1) is 6.10. The number of aliphatic imine (C=N–C) groups is 1. The molecule has 0 aliphatic heterocycles. The van der Waals surface area contributed by atoms with Crippen molar-refractivity contribution in [1.29, 1.82) is 0 Å². The predicted octanol–water partition coefficient (Wildman–Crippen LogP) is 0.713. The normalized spacial score (nSPS) is 13.8. The van der Waals surface area contributed by atoms with E-state index in [4.69, 9.17) is 11.5 Å². The molecule has 0 saturated carbocycles. The molecule has 1 atom stereocenters. The lowest BCUT2D eigenvalue weighted by Gasteiger charge is -2.10. The topological polar surface area (TPSA) is 76.4 Å². The SMILES string of the molecule is CCCC(CC)N=C(N)NC(N)=S. The average molecular weight is 202 g/mol. The van der Waals surface area contributed by atoms with Crippen molar-refractivity contribution in [2.75, 3.05) is 0 Å². The minimum atomic E-state index is 0.160. The fraction of sp³-hybridized carbons (Fsp3) is 0.750. The van der Waals surface area contributed by atoms with E-state index in [-0.39, 0.29) is 11.2 Å². The van der Waals surface area contributed by atoms with Gasteiger partial charge in [-0.2, -0.15) is 0 Å². The Hall–Kier alpha value is -0.840. The zero-order valence-corrected chi connectivity index (χ0v) is 9.03. The van der Waals surface area contributed by atoms with Crippen LogP contribution in [-0.4, -0.2) is 17.1 Å². The summed E-state index contributed by atoms with van der Waals surface area (Å²) in [4.78, 5) is 4.24. The van der Waals surface area contributed by atoms with Crippen molar-refractivity contribution in [3.8, 4) is 0 Å². The second kappa shape index (κ2) is 6.65. The number of guanidine groups is 1. The molecule has 0 aromatic rings. The highest BCUT2D eigenvalue weighted by atomic mass is 32.1. The molecule has 5 N–H and O–H groups in total. The number of thiocarbonyl (C=S) groups is 1. The fourth-order valence-electron chi connectivity index (χ4n) is 1.05. The van der Waals surface area contributed by atoms with E-state index < -0.39 is 0 Å². The molecule has 13 heavy (non-hydrogen) atoms. The van der Waals surface area contributed by atoms with Crippen LogP contribution < -0.4 is 16.8 Å². The van der Waals surface area contributed by atoms with Crippen LogP contribution in [0.5, 0.6) is 0 Å². The Balaban J connectivity index is 4.07. The molecule has 0 bridgehead atoms.